The fraction of sp³-hybridized carbons (Fsp3) is 0.389. The number of fused-ring (bicyclic) bond motifs is 2. The third-order valence-corrected chi connectivity index (χ3v) is 4.60. The second-order valence-electron chi connectivity index (χ2n) is 6.08. The van der Waals surface area contributed by atoms with Crippen molar-refractivity contribution in [3.05, 3.63) is 48.8 Å². The highest BCUT2D eigenvalue weighted by atomic mass is 16.5. The fourth-order valence-electron chi connectivity index (χ4n) is 3.62. The largest absolute Gasteiger partial charge is 0.490 e. The Labute approximate surface area is 125 Å². The standard InChI is InChI=1S/C18H20N2O/c1-2-4-18(17(3-1)13-7-9-19-10-8-13)21-16-11-14-5-6-15(12-16)20-14/h1-4,7-10,14-16,20H,5-6,11-12H2. The van der Waals surface area contributed by atoms with Crippen molar-refractivity contribution >= 4 is 0 Å². The Hall–Kier alpha value is -1.87. The van der Waals surface area contributed by atoms with Gasteiger partial charge in [0.1, 0.15) is 11.9 Å². The van der Waals surface area contributed by atoms with Crippen LogP contribution in [0.4, 0.5) is 0 Å². The van der Waals surface area contributed by atoms with Gasteiger partial charge in [-0.15, -0.1) is 0 Å². The number of para-hydroxylation sites is 1. The Morgan fingerprint density at radius 1 is 0.952 bits per heavy atom. The first-order valence-electron chi connectivity index (χ1n) is 7.80. The molecular weight excluding hydrogens is 260 g/mol. The van der Waals surface area contributed by atoms with Crippen LogP contribution in [0.3, 0.4) is 0 Å². The van der Waals surface area contributed by atoms with Crippen molar-refractivity contribution in [2.75, 3.05) is 0 Å². The number of nitrogens with one attached hydrogen (secondary N) is 1. The lowest BCUT2D eigenvalue weighted by molar-refractivity contribution is 0.138. The summed E-state index contributed by atoms with van der Waals surface area (Å²) in [5.74, 6) is 0.995. The van der Waals surface area contributed by atoms with Gasteiger partial charge < -0.3 is 10.1 Å². The van der Waals surface area contributed by atoms with E-state index in [4.69, 9.17) is 4.74 Å². The molecule has 2 aromatic rings. The lowest BCUT2D eigenvalue weighted by atomic mass is 10.0. The van der Waals surface area contributed by atoms with E-state index in [9.17, 15) is 0 Å². The summed E-state index contributed by atoms with van der Waals surface area (Å²) >= 11 is 0. The van der Waals surface area contributed by atoms with Gasteiger partial charge >= 0.3 is 0 Å². The maximum absolute atomic E-state index is 6.36. The fourth-order valence-corrected chi connectivity index (χ4v) is 3.62. The summed E-state index contributed by atoms with van der Waals surface area (Å²) in [4.78, 5) is 4.10. The molecule has 2 saturated heterocycles. The molecule has 1 N–H and O–H groups in total. The van der Waals surface area contributed by atoms with E-state index in [2.05, 4.69) is 34.6 Å². The van der Waals surface area contributed by atoms with Crippen molar-refractivity contribution in [3.63, 3.8) is 0 Å². The van der Waals surface area contributed by atoms with Crippen LogP contribution in [-0.4, -0.2) is 23.2 Å². The second kappa shape index (κ2) is 5.49. The molecule has 4 rings (SSSR count). The summed E-state index contributed by atoms with van der Waals surface area (Å²) in [6.45, 7) is 0. The average molecular weight is 280 g/mol. The molecule has 2 unspecified atom stereocenters. The van der Waals surface area contributed by atoms with Gasteiger partial charge in [-0.3, -0.25) is 4.98 Å². The zero-order chi connectivity index (χ0) is 14.1. The van der Waals surface area contributed by atoms with Crippen LogP contribution in [0, 0.1) is 0 Å². The van der Waals surface area contributed by atoms with Crippen molar-refractivity contribution in [1.82, 2.24) is 10.3 Å². The molecule has 0 radical (unpaired) electrons. The molecule has 2 bridgehead atoms. The lowest BCUT2D eigenvalue weighted by Gasteiger charge is -2.30. The summed E-state index contributed by atoms with van der Waals surface area (Å²) < 4.78 is 6.36. The first-order valence-corrected chi connectivity index (χ1v) is 7.80. The van der Waals surface area contributed by atoms with Crippen molar-refractivity contribution < 1.29 is 4.74 Å². The van der Waals surface area contributed by atoms with E-state index in [-0.39, 0.29) is 0 Å². The molecule has 3 heterocycles. The van der Waals surface area contributed by atoms with Gasteiger partial charge in [-0.2, -0.15) is 0 Å². The molecule has 0 amide bonds. The zero-order valence-electron chi connectivity index (χ0n) is 12.0. The Morgan fingerprint density at radius 3 is 2.43 bits per heavy atom. The molecule has 1 aromatic heterocycles. The van der Waals surface area contributed by atoms with Gasteiger partial charge in [0, 0.05) is 30.0 Å². The minimum absolute atomic E-state index is 0.340. The zero-order valence-corrected chi connectivity index (χ0v) is 12.0. The quantitative estimate of drug-likeness (QED) is 0.935. The highest BCUT2D eigenvalue weighted by molar-refractivity contribution is 5.69. The van der Waals surface area contributed by atoms with Gasteiger partial charge in [-0.25, -0.2) is 0 Å². The summed E-state index contributed by atoms with van der Waals surface area (Å²) in [6.07, 6.45) is 8.86. The van der Waals surface area contributed by atoms with Crippen molar-refractivity contribution in [1.29, 1.82) is 0 Å². The van der Waals surface area contributed by atoms with E-state index in [0.29, 0.717) is 18.2 Å². The number of hydrogen-bond donors (Lipinski definition) is 1. The van der Waals surface area contributed by atoms with E-state index < -0.39 is 0 Å². The number of piperidine rings is 1. The van der Waals surface area contributed by atoms with E-state index in [1.165, 1.54) is 12.8 Å². The number of rotatable bonds is 3. The minimum Gasteiger partial charge on any atom is -0.490 e. The third-order valence-electron chi connectivity index (χ3n) is 4.60. The monoisotopic (exact) mass is 280 g/mol. The SMILES string of the molecule is c1ccc(-c2ccncc2)c(OC2CC3CCC(C2)N3)c1. The summed E-state index contributed by atoms with van der Waals surface area (Å²) in [6, 6.07) is 13.7. The molecule has 108 valence electrons. The smallest absolute Gasteiger partial charge is 0.127 e. The molecule has 2 aliphatic heterocycles. The van der Waals surface area contributed by atoms with Gasteiger partial charge in [0.2, 0.25) is 0 Å². The maximum atomic E-state index is 6.36. The van der Waals surface area contributed by atoms with Crippen LogP contribution in [0.2, 0.25) is 0 Å². The molecular formula is C18H20N2O. The summed E-state index contributed by atoms with van der Waals surface area (Å²) in [5, 5.41) is 3.66. The maximum Gasteiger partial charge on any atom is 0.127 e. The Morgan fingerprint density at radius 2 is 1.67 bits per heavy atom. The predicted octanol–water partition coefficient (Wildman–Crippen LogP) is 3.41. The van der Waals surface area contributed by atoms with E-state index in [1.807, 2.05) is 24.5 Å². The molecule has 0 saturated carbocycles. The van der Waals surface area contributed by atoms with E-state index in [0.717, 1.165) is 29.7 Å². The second-order valence-corrected chi connectivity index (χ2v) is 6.08. The lowest BCUT2D eigenvalue weighted by Crippen LogP contribution is -2.42. The number of ether oxygens (including phenoxy) is 1. The van der Waals surface area contributed by atoms with Crippen LogP contribution in [0.25, 0.3) is 11.1 Å². The molecule has 3 nitrogen and oxygen atoms in total. The molecule has 3 heteroatoms. The van der Waals surface area contributed by atoms with Crippen LogP contribution in [-0.2, 0) is 0 Å². The van der Waals surface area contributed by atoms with Gasteiger partial charge in [-0.1, -0.05) is 18.2 Å². The molecule has 0 spiro atoms. The average Bonchev–Trinajstić information content (AvgIpc) is 2.87. The first-order chi connectivity index (χ1) is 10.4. The topological polar surface area (TPSA) is 34.1 Å². The third kappa shape index (κ3) is 2.66. The van der Waals surface area contributed by atoms with Gasteiger partial charge in [0.15, 0.2) is 0 Å². The van der Waals surface area contributed by atoms with Crippen molar-refractivity contribution in [3.8, 4) is 16.9 Å². The Balaban J connectivity index is 1.58. The molecule has 1 aromatic carbocycles. The van der Waals surface area contributed by atoms with Gasteiger partial charge in [-0.05, 0) is 49.4 Å². The summed E-state index contributed by atoms with van der Waals surface area (Å²) in [5.41, 5.74) is 2.32. The molecule has 2 aliphatic rings. The number of pyridine rings is 1. The van der Waals surface area contributed by atoms with Crippen molar-refractivity contribution in [2.24, 2.45) is 0 Å². The normalized spacial score (nSPS) is 27.5. The molecule has 2 atom stereocenters. The van der Waals surface area contributed by atoms with Crippen LogP contribution >= 0.6 is 0 Å². The summed E-state index contributed by atoms with van der Waals surface area (Å²) in [7, 11) is 0. The Bertz CT molecular complexity index is 602. The van der Waals surface area contributed by atoms with Gasteiger partial charge in [0.05, 0.1) is 0 Å². The Kier molecular flexibility index (Phi) is 3.36. The predicted molar refractivity (Wildman–Crippen MR) is 83.3 cm³/mol. The number of aromatic nitrogens is 1. The first kappa shape index (κ1) is 12.8. The van der Waals surface area contributed by atoms with Gasteiger partial charge in [0.25, 0.3) is 0 Å². The molecule has 2 fully saturated rings. The van der Waals surface area contributed by atoms with Crippen LogP contribution in [0.1, 0.15) is 25.7 Å². The van der Waals surface area contributed by atoms with Crippen LogP contribution < -0.4 is 10.1 Å². The van der Waals surface area contributed by atoms with E-state index in [1.54, 1.807) is 0 Å². The molecule has 0 aliphatic carbocycles. The van der Waals surface area contributed by atoms with Crippen molar-refractivity contribution in [2.45, 2.75) is 43.9 Å². The minimum atomic E-state index is 0.340. The molecule has 21 heavy (non-hydrogen) atoms. The van der Waals surface area contributed by atoms with Crippen LogP contribution in [0.5, 0.6) is 5.75 Å². The highest BCUT2D eigenvalue weighted by Crippen LogP contribution is 2.34. The van der Waals surface area contributed by atoms with Crippen LogP contribution in [0.15, 0.2) is 48.8 Å². The number of hydrogen-bond acceptors (Lipinski definition) is 3. The number of benzene rings is 1. The number of nitrogens with zero attached hydrogens (tertiary/aromatic N) is 1. The van der Waals surface area contributed by atoms with E-state index >= 15 is 0 Å². The highest BCUT2D eigenvalue weighted by Gasteiger charge is 2.34.